The van der Waals surface area contributed by atoms with E-state index in [9.17, 15) is 0 Å². The third-order valence-corrected chi connectivity index (χ3v) is 4.56. The number of ether oxygens (including phenoxy) is 2. The summed E-state index contributed by atoms with van der Waals surface area (Å²) in [6.45, 7) is 6.94. The third-order valence-electron chi connectivity index (χ3n) is 4.56. The fourth-order valence-corrected chi connectivity index (χ4v) is 3.39. The Balaban J connectivity index is 1.74. The predicted octanol–water partition coefficient (Wildman–Crippen LogP) is 1.55. The summed E-state index contributed by atoms with van der Waals surface area (Å²) in [5.41, 5.74) is 0. The molecule has 0 aliphatic carbocycles. The molecule has 0 aromatic heterocycles. The van der Waals surface area contributed by atoms with Gasteiger partial charge in [0, 0.05) is 32.8 Å². The van der Waals surface area contributed by atoms with E-state index in [-0.39, 0.29) is 6.29 Å². The van der Waals surface area contributed by atoms with Crippen LogP contribution in [0.1, 0.15) is 32.6 Å². The molecule has 2 fully saturated rings. The number of hydrogen-bond acceptors (Lipinski definition) is 4. The maximum absolute atomic E-state index is 5.27. The minimum atomic E-state index is -0.0766. The Bertz CT molecular complexity index is 238. The molecule has 0 aromatic carbocycles. The van der Waals surface area contributed by atoms with Crippen molar-refractivity contribution in [3.8, 4) is 0 Å². The van der Waals surface area contributed by atoms with Gasteiger partial charge in [-0.05, 0) is 52.2 Å². The minimum absolute atomic E-state index is 0.0766. The fraction of sp³-hybridized carbons (Fsp3) is 1.00. The lowest BCUT2D eigenvalue weighted by atomic mass is 10.0. The normalized spacial score (nSPS) is 28.3. The first-order valence-corrected chi connectivity index (χ1v) is 7.28. The average molecular weight is 256 g/mol. The van der Waals surface area contributed by atoms with Crippen molar-refractivity contribution in [1.82, 2.24) is 9.80 Å². The Morgan fingerprint density at radius 2 is 1.72 bits per heavy atom. The molecule has 0 aromatic rings. The Morgan fingerprint density at radius 3 is 2.22 bits per heavy atom. The van der Waals surface area contributed by atoms with Gasteiger partial charge in [-0.3, -0.25) is 9.80 Å². The van der Waals surface area contributed by atoms with Crippen LogP contribution in [0.25, 0.3) is 0 Å². The van der Waals surface area contributed by atoms with Crippen LogP contribution < -0.4 is 0 Å². The van der Waals surface area contributed by atoms with Crippen LogP contribution in [0.5, 0.6) is 0 Å². The highest BCUT2D eigenvalue weighted by Crippen LogP contribution is 2.25. The summed E-state index contributed by atoms with van der Waals surface area (Å²) in [7, 11) is 3.43. The molecular weight excluding hydrogens is 228 g/mol. The Hall–Kier alpha value is -0.160. The molecule has 2 heterocycles. The zero-order valence-corrected chi connectivity index (χ0v) is 12.1. The van der Waals surface area contributed by atoms with Crippen molar-refractivity contribution < 1.29 is 9.47 Å². The van der Waals surface area contributed by atoms with Gasteiger partial charge < -0.3 is 9.47 Å². The summed E-state index contributed by atoms with van der Waals surface area (Å²) < 4.78 is 10.5. The van der Waals surface area contributed by atoms with Crippen LogP contribution in [-0.4, -0.2) is 68.6 Å². The van der Waals surface area contributed by atoms with Crippen LogP contribution >= 0.6 is 0 Å². The number of nitrogens with zero attached hydrogens (tertiary/aromatic N) is 2. The van der Waals surface area contributed by atoms with Gasteiger partial charge in [0.25, 0.3) is 0 Å². The van der Waals surface area contributed by atoms with Gasteiger partial charge in [-0.15, -0.1) is 0 Å². The van der Waals surface area contributed by atoms with Crippen molar-refractivity contribution in [3.05, 3.63) is 0 Å². The van der Waals surface area contributed by atoms with E-state index < -0.39 is 0 Å². The SMILES string of the molecule is COC(CN1CCC(N2CCCC2C)CC1)OC. The first kappa shape index (κ1) is 14.3. The van der Waals surface area contributed by atoms with E-state index in [0.29, 0.717) is 0 Å². The smallest absolute Gasteiger partial charge is 0.169 e. The standard InChI is InChI=1S/C14H28N2O2/c1-12-5-4-8-16(12)13-6-9-15(10-7-13)11-14(17-2)18-3/h12-14H,4-11H2,1-3H3. The maximum atomic E-state index is 5.27. The molecule has 1 unspecified atom stereocenters. The zero-order chi connectivity index (χ0) is 13.0. The zero-order valence-electron chi connectivity index (χ0n) is 12.1. The van der Waals surface area contributed by atoms with E-state index >= 15 is 0 Å². The molecule has 2 rings (SSSR count). The number of hydrogen-bond donors (Lipinski definition) is 0. The van der Waals surface area contributed by atoms with Gasteiger partial charge in [0.05, 0.1) is 0 Å². The predicted molar refractivity (Wildman–Crippen MR) is 72.7 cm³/mol. The second-order valence-corrected chi connectivity index (χ2v) is 5.66. The largest absolute Gasteiger partial charge is 0.355 e. The Morgan fingerprint density at radius 1 is 1.06 bits per heavy atom. The van der Waals surface area contributed by atoms with E-state index in [0.717, 1.165) is 18.6 Å². The molecule has 2 aliphatic heterocycles. The highest BCUT2D eigenvalue weighted by atomic mass is 16.7. The van der Waals surface area contributed by atoms with E-state index in [2.05, 4.69) is 16.7 Å². The lowest BCUT2D eigenvalue weighted by Gasteiger charge is -2.39. The van der Waals surface area contributed by atoms with Crippen molar-refractivity contribution in [3.63, 3.8) is 0 Å². The minimum Gasteiger partial charge on any atom is -0.355 e. The van der Waals surface area contributed by atoms with Crippen molar-refractivity contribution in [2.45, 2.75) is 51.0 Å². The summed E-state index contributed by atoms with van der Waals surface area (Å²) in [5, 5.41) is 0. The number of piperidine rings is 1. The van der Waals surface area contributed by atoms with Gasteiger partial charge in [-0.25, -0.2) is 0 Å². The molecule has 18 heavy (non-hydrogen) atoms. The summed E-state index contributed by atoms with van der Waals surface area (Å²) in [4.78, 5) is 5.19. The van der Waals surface area contributed by atoms with E-state index in [1.165, 1.54) is 45.3 Å². The highest BCUT2D eigenvalue weighted by Gasteiger charge is 2.30. The lowest BCUT2D eigenvalue weighted by Crippen LogP contribution is -2.47. The topological polar surface area (TPSA) is 24.9 Å². The monoisotopic (exact) mass is 256 g/mol. The van der Waals surface area contributed by atoms with Crippen LogP contribution in [0.4, 0.5) is 0 Å². The molecule has 0 spiro atoms. The maximum Gasteiger partial charge on any atom is 0.169 e. The number of methoxy groups -OCH3 is 2. The molecule has 0 amide bonds. The van der Waals surface area contributed by atoms with E-state index in [1.807, 2.05) is 0 Å². The number of rotatable bonds is 5. The third kappa shape index (κ3) is 3.44. The molecule has 2 aliphatic rings. The number of likely N-dealkylation sites (tertiary alicyclic amines) is 2. The van der Waals surface area contributed by atoms with Crippen molar-refractivity contribution in [2.24, 2.45) is 0 Å². The van der Waals surface area contributed by atoms with Crippen molar-refractivity contribution in [1.29, 1.82) is 0 Å². The average Bonchev–Trinajstić information content (AvgIpc) is 2.83. The van der Waals surface area contributed by atoms with E-state index in [4.69, 9.17) is 9.47 Å². The Labute approximate surface area is 111 Å². The second kappa shape index (κ2) is 6.85. The highest BCUT2D eigenvalue weighted by molar-refractivity contribution is 4.86. The van der Waals surface area contributed by atoms with Gasteiger partial charge >= 0.3 is 0 Å². The molecule has 0 radical (unpaired) electrons. The summed E-state index contributed by atoms with van der Waals surface area (Å²) in [6, 6.07) is 1.61. The summed E-state index contributed by atoms with van der Waals surface area (Å²) in [5.74, 6) is 0. The first-order chi connectivity index (χ1) is 8.74. The second-order valence-electron chi connectivity index (χ2n) is 5.66. The molecule has 4 nitrogen and oxygen atoms in total. The molecule has 0 N–H and O–H groups in total. The van der Waals surface area contributed by atoms with Crippen LogP contribution in [0.2, 0.25) is 0 Å². The van der Waals surface area contributed by atoms with Crippen molar-refractivity contribution in [2.75, 3.05) is 40.4 Å². The van der Waals surface area contributed by atoms with Crippen LogP contribution in [0, 0.1) is 0 Å². The fourth-order valence-electron chi connectivity index (χ4n) is 3.39. The molecule has 0 bridgehead atoms. The van der Waals surface area contributed by atoms with Gasteiger partial charge in [0.2, 0.25) is 0 Å². The summed E-state index contributed by atoms with van der Waals surface area (Å²) >= 11 is 0. The van der Waals surface area contributed by atoms with Crippen LogP contribution in [-0.2, 0) is 9.47 Å². The summed E-state index contributed by atoms with van der Waals surface area (Å²) in [6.07, 6.45) is 5.29. The molecule has 4 heteroatoms. The van der Waals surface area contributed by atoms with Crippen LogP contribution in [0.3, 0.4) is 0 Å². The molecule has 106 valence electrons. The van der Waals surface area contributed by atoms with Crippen LogP contribution in [0.15, 0.2) is 0 Å². The van der Waals surface area contributed by atoms with Gasteiger partial charge in [0.15, 0.2) is 6.29 Å². The van der Waals surface area contributed by atoms with Gasteiger partial charge in [-0.2, -0.15) is 0 Å². The van der Waals surface area contributed by atoms with Gasteiger partial charge in [0.1, 0.15) is 0 Å². The molecular formula is C14H28N2O2. The Kier molecular flexibility index (Phi) is 5.42. The van der Waals surface area contributed by atoms with E-state index in [1.54, 1.807) is 14.2 Å². The first-order valence-electron chi connectivity index (χ1n) is 7.28. The van der Waals surface area contributed by atoms with Crippen molar-refractivity contribution >= 4 is 0 Å². The molecule has 1 atom stereocenters. The molecule has 2 saturated heterocycles. The quantitative estimate of drug-likeness (QED) is 0.697. The lowest BCUT2D eigenvalue weighted by molar-refractivity contribution is -0.119. The van der Waals surface area contributed by atoms with Gasteiger partial charge in [-0.1, -0.05) is 0 Å². The molecule has 0 saturated carbocycles.